The maximum Gasteiger partial charge on any atom is 0.306 e. The fourth-order valence-electron chi connectivity index (χ4n) is 2.82. The van der Waals surface area contributed by atoms with E-state index in [1.165, 1.54) is 0 Å². The van der Waals surface area contributed by atoms with E-state index in [4.69, 9.17) is 5.11 Å². The summed E-state index contributed by atoms with van der Waals surface area (Å²) < 4.78 is 0. The molecular weight excluding hydrogens is 280 g/mol. The second-order valence-corrected chi connectivity index (χ2v) is 7.14. The molecular formula is C17H24N2O3. The number of rotatable bonds is 2. The van der Waals surface area contributed by atoms with Gasteiger partial charge in [-0.3, -0.25) is 14.6 Å². The van der Waals surface area contributed by atoms with E-state index < -0.39 is 5.97 Å². The Morgan fingerprint density at radius 1 is 1.32 bits per heavy atom. The highest BCUT2D eigenvalue weighted by atomic mass is 16.4. The minimum absolute atomic E-state index is 0.00290. The van der Waals surface area contributed by atoms with Crippen molar-refractivity contribution in [1.29, 1.82) is 0 Å². The van der Waals surface area contributed by atoms with Gasteiger partial charge in [0.2, 0.25) is 0 Å². The van der Waals surface area contributed by atoms with E-state index in [1.54, 1.807) is 17.2 Å². The van der Waals surface area contributed by atoms with Gasteiger partial charge in [0.15, 0.2) is 0 Å². The van der Waals surface area contributed by atoms with Crippen molar-refractivity contribution < 1.29 is 14.7 Å². The molecule has 0 bridgehead atoms. The largest absolute Gasteiger partial charge is 0.481 e. The van der Waals surface area contributed by atoms with Crippen LogP contribution in [-0.2, 0) is 10.2 Å². The number of carbonyl (C=O) groups excluding carboxylic acids is 1. The molecule has 0 radical (unpaired) electrons. The lowest BCUT2D eigenvalue weighted by Gasteiger charge is -2.34. The average Bonchev–Trinajstić information content (AvgIpc) is 2.45. The number of likely N-dealkylation sites (tertiary alicyclic amines) is 1. The predicted octanol–water partition coefficient (Wildman–Crippen LogP) is 2.56. The van der Waals surface area contributed by atoms with Gasteiger partial charge in [-0.2, -0.15) is 0 Å². The molecule has 2 heterocycles. The minimum atomic E-state index is -0.771. The second-order valence-electron chi connectivity index (χ2n) is 7.14. The van der Waals surface area contributed by atoms with Crippen LogP contribution in [0.25, 0.3) is 0 Å². The number of carbonyl (C=O) groups is 2. The van der Waals surface area contributed by atoms with E-state index in [2.05, 4.69) is 25.8 Å². The summed E-state index contributed by atoms with van der Waals surface area (Å²) in [6.07, 6.45) is 2.25. The van der Waals surface area contributed by atoms with E-state index in [9.17, 15) is 9.59 Å². The Balaban J connectivity index is 2.08. The third kappa shape index (κ3) is 3.46. The zero-order valence-corrected chi connectivity index (χ0v) is 13.7. The number of carboxylic acids is 1. The van der Waals surface area contributed by atoms with Crippen molar-refractivity contribution in [1.82, 2.24) is 9.88 Å². The molecule has 0 saturated carbocycles. The first-order chi connectivity index (χ1) is 10.2. The van der Waals surface area contributed by atoms with Crippen molar-refractivity contribution in [3.05, 3.63) is 29.6 Å². The maximum absolute atomic E-state index is 12.5. The first kappa shape index (κ1) is 16.5. The van der Waals surface area contributed by atoms with Crippen LogP contribution in [0, 0.1) is 11.8 Å². The monoisotopic (exact) mass is 304 g/mol. The number of piperidine rings is 1. The Bertz CT molecular complexity index is 560. The van der Waals surface area contributed by atoms with Crippen LogP contribution in [0.4, 0.5) is 0 Å². The van der Waals surface area contributed by atoms with Gasteiger partial charge in [-0.15, -0.1) is 0 Å². The number of carboxylic acid groups (broad SMARTS) is 1. The maximum atomic E-state index is 12.5. The SMILES string of the molecule is CC1CN(C(=O)c2ccc(C(C)(C)C)cn2)CCC1C(=O)O. The summed E-state index contributed by atoms with van der Waals surface area (Å²) in [6.45, 7) is 9.13. The van der Waals surface area contributed by atoms with Gasteiger partial charge in [-0.25, -0.2) is 0 Å². The van der Waals surface area contributed by atoms with Crippen LogP contribution >= 0.6 is 0 Å². The second kappa shape index (κ2) is 6.07. The van der Waals surface area contributed by atoms with Crippen molar-refractivity contribution in [2.75, 3.05) is 13.1 Å². The molecule has 1 N–H and O–H groups in total. The molecule has 1 saturated heterocycles. The number of aliphatic carboxylic acids is 1. The molecule has 2 rings (SSSR count). The lowest BCUT2D eigenvalue weighted by atomic mass is 9.86. The highest BCUT2D eigenvalue weighted by molar-refractivity contribution is 5.92. The van der Waals surface area contributed by atoms with Gasteiger partial charge in [0, 0.05) is 19.3 Å². The van der Waals surface area contributed by atoms with Crippen LogP contribution in [0.3, 0.4) is 0 Å². The number of hydrogen-bond acceptors (Lipinski definition) is 3. The molecule has 1 amide bonds. The Morgan fingerprint density at radius 2 is 2.00 bits per heavy atom. The topological polar surface area (TPSA) is 70.5 Å². The summed E-state index contributed by atoms with van der Waals surface area (Å²) in [4.78, 5) is 29.6. The van der Waals surface area contributed by atoms with Crippen LogP contribution in [0.15, 0.2) is 18.3 Å². The Hall–Kier alpha value is -1.91. The van der Waals surface area contributed by atoms with Crippen LogP contribution in [0.1, 0.15) is 50.2 Å². The minimum Gasteiger partial charge on any atom is -0.481 e. The van der Waals surface area contributed by atoms with Gasteiger partial charge < -0.3 is 10.0 Å². The van der Waals surface area contributed by atoms with E-state index in [0.29, 0.717) is 25.2 Å². The van der Waals surface area contributed by atoms with Gasteiger partial charge in [-0.05, 0) is 29.4 Å². The third-order valence-electron chi connectivity index (χ3n) is 4.36. The van der Waals surface area contributed by atoms with Crippen LogP contribution in [0.2, 0.25) is 0 Å². The number of aromatic nitrogens is 1. The molecule has 0 aromatic carbocycles. The molecule has 120 valence electrons. The molecule has 1 aliphatic heterocycles. The smallest absolute Gasteiger partial charge is 0.306 e. The van der Waals surface area contributed by atoms with Crippen molar-refractivity contribution in [2.45, 2.75) is 39.5 Å². The average molecular weight is 304 g/mol. The van der Waals surface area contributed by atoms with Gasteiger partial charge in [0.05, 0.1) is 5.92 Å². The standard InChI is InChI=1S/C17H24N2O3/c1-11-10-19(8-7-13(11)16(21)22)15(20)14-6-5-12(9-18-14)17(2,3)4/h5-6,9,11,13H,7-8,10H2,1-4H3,(H,21,22). The molecule has 1 fully saturated rings. The quantitative estimate of drug-likeness (QED) is 0.911. The van der Waals surface area contributed by atoms with Gasteiger partial charge in [0.1, 0.15) is 5.69 Å². The number of amides is 1. The molecule has 2 atom stereocenters. The van der Waals surface area contributed by atoms with E-state index in [0.717, 1.165) is 5.56 Å². The molecule has 0 aliphatic carbocycles. The van der Waals surface area contributed by atoms with Crippen molar-refractivity contribution in [3.8, 4) is 0 Å². The number of hydrogen-bond donors (Lipinski definition) is 1. The zero-order valence-electron chi connectivity index (χ0n) is 13.7. The van der Waals surface area contributed by atoms with Crippen LogP contribution in [0.5, 0.6) is 0 Å². The third-order valence-corrected chi connectivity index (χ3v) is 4.36. The summed E-state index contributed by atoms with van der Waals surface area (Å²) in [5.41, 5.74) is 1.51. The van der Waals surface area contributed by atoms with Crippen molar-refractivity contribution in [3.63, 3.8) is 0 Å². The summed E-state index contributed by atoms with van der Waals surface area (Å²) in [5.74, 6) is -1.28. The van der Waals surface area contributed by atoms with Crippen LogP contribution in [-0.4, -0.2) is 40.0 Å². The van der Waals surface area contributed by atoms with E-state index >= 15 is 0 Å². The zero-order chi connectivity index (χ0) is 16.5. The summed E-state index contributed by atoms with van der Waals surface area (Å²) in [7, 11) is 0. The first-order valence-electron chi connectivity index (χ1n) is 7.68. The summed E-state index contributed by atoms with van der Waals surface area (Å²) in [5, 5.41) is 9.14. The van der Waals surface area contributed by atoms with Gasteiger partial charge in [0.25, 0.3) is 5.91 Å². The lowest BCUT2D eigenvalue weighted by Crippen LogP contribution is -2.45. The molecule has 5 nitrogen and oxygen atoms in total. The molecule has 1 aromatic rings. The normalized spacial score (nSPS) is 22.5. The van der Waals surface area contributed by atoms with E-state index in [1.807, 2.05) is 13.0 Å². The first-order valence-corrected chi connectivity index (χ1v) is 7.68. The fraction of sp³-hybridized carbons (Fsp3) is 0.588. The summed E-state index contributed by atoms with van der Waals surface area (Å²) in [6, 6.07) is 3.70. The highest BCUT2D eigenvalue weighted by Gasteiger charge is 2.33. The molecule has 2 unspecified atom stereocenters. The number of nitrogens with zero attached hydrogens (tertiary/aromatic N) is 2. The Morgan fingerprint density at radius 3 is 2.45 bits per heavy atom. The molecule has 1 aromatic heterocycles. The molecule has 22 heavy (non-hydrogen) atoms. The Kier molecular flexibility index (Phi) is 4.54. The highest BCUT2D eigenvalue weighted by Crippen LogP contribution is 2.25. The molecule has 0 spiro atoms. The molecule has 1 aliphatic rings. The Labute approximate surface area is 131 Å². The van der Waals surface area contributed by atoms with Gasteiger partial charge in [-0.1, -0.05) is 33.8 Å². The predicted molar refractivity (Wildman–Crippen MR) is 83.7 cm³/mol. The fourth-order valence-corrected chi connectivity index (χ4v) is 2.82. The van der Waals surface area contributed by atoms with Crippen LogP contribution < -0.4 is 0 Å². The summed E-state index contributed by atoms with van der Waals surface area (Å²) >= 11 is 0. The van der Waals surface area contributed by atoms with E-state index in [-0.39, 0.29) is 23.2 Å². The van der Waals surface area contributed by atoms with Crippen molar-refractivity contribution >= 4 is 11.9 Å². The van der Waals surface area contributed by atoms with Crippen molar-refractivity contribution in [2.24, 2.45) is 11.8 Å². The lowest BCUT2D eigenvalue weighted by molar-refractivity contribution is -0.145. The number of pyridine rings is 1. The van der Waals surface area contributed by atoms with Gasteiger partial charge >= 0.3 is 5.97 Å². The molecule has 5 heteroatoms.